The molecule has 6 heteroatoms. The molecule has 0 unspecified atom stereocenters. The number of phenols is 2. The number of phenolic OH excluding ortho intramolecular Hbond substituents is 2. The van der Waals surface area contributed by atoms with Gasteiger partial charge in [-0.2, -0.15) is 0 Å². The summed E-state index contributed by atoms with van der Waals surface area (Å²) in [5, 5.41) is 22.3. The van der Waals surface area contributed by atoms with Crippen LogP contribution in [0.15, 0.2) is 12.1 Å². The summed E-state index contributed by atoms with van der Waals surface area (Å²) in [6.07, 6.45) is 14.6. The molecule has 0 saturated heterocycles. The lowest BCUT2D eigenvalue weighted by Crippen LogP contribution is -2.34. The number of ether oxygens (including phenoxy) is 2. The Hall–Kier alpha value is -2.24. The fourth-order valence-electron chi connectivity index (χ4n) is 6.70. The van der Waals surface area contributed by atoms with Gasteiger partial charge in [0.2, 0.25) is 0 Å². The van der Waals surface area contributed by atoms with Crippen LogP contribution in [0.3, 0.4) is 0 Å². The maximum absolute atomic E-state index is 12.6. The van der Waals surface area contributed by atoms with Gasteiger partial charge in [-0.05, 0) is 87.2 Å². The molecule has 0 aromatic heterocycles. The van der Waals surface area contributed by atoms with Crippen molar-refractivity contribution in [3.8, 4) is 11.5 Å². The summed E-state index contributed by atoms with van der Waals surface area (Å²) in [6, 6.07) is 3.50. The quantitative estimate of drug-likeness (QED) is 0.136. The highest BCUT2D eigenvalue weighted by Gasteiger charge is 2.41. The van der Waals surface area contributed by atoms with E-state index in [0.29, 0.717) is 13.2 Å². The van der Waals surface area contributed by atoms with E-state index in [1.165, 1.54) is 12.8 Å². The molecule has 2 saturated carbocycles. The maximum atomic E-state index is 12.6. The summed E-state index contributed by atoms with van der Waals surface area (Å²) in [5.41, 5.74) is 0.891. The van der Waals surface area contributed by atoms with E-state index in [2.05, 4.69) is 27.7 Å². The third-order valence-corrected chi connectivity index (χ3v) is 9.74. The van der Waals surface area contributed by atoms with Crippen molar-refractivity contribution in [1.82, 2.24) is 0 Å². The molecular formula is C34H54O6. The molecule has 6 nitrogen and oxygen atoms in total. The Kier molecular flexibility index (Phi) is 12.2. The SMILES string of the molecule is CCCCCCOC(=O)C1CCC(C)(c2cc(O)c(C3(C)CCC(C(=O)OCCCCCC)CC3)cc2O)CC1. The van der Waals surface area contributed by atoms with Crippen molar-refractivity contribution in [2.45, 2.75) is 141 Å². The Morgan fingerprint density at radius 3 is 1.35 bits per heavy atom. The largest absolute Gasteiger partial charge is 0.508 e. The van der Waals surface area contributed by atoms with Gasteiger partial charge in [-0.15, -0.1) is 0 Å². The van der Waals surface area contributed by atoms with Gasteiger partial charge in [-0.25, -0.2) is 0 Å². The molecule has 40 heavy (non-hydrogen) atoms. The van der Waals surface area contributed by atoms with Crippen LogP contribution in [0, 0.1) is 11.8 Å². The first-order valence-corrected chi connectivity index (χ1v) is 16.0. The van der Waals surface area contributed by atoms with Crippen molar-refractivity contribution in [3.63, 3.8) is 0 Å². The molecule has 1 aromatic rings. The first-order valence-electron chi connectivity index (χ1n) is 16.0. The molecular weight excluding hydrogens is 504 g/mol. The number of hydrogen-bond acceptors (Lipinski definition) is 6. The van der Waals surface area contributed by atoms with Crippen molar-refractivity contribution in [2.24, 2.45) is 11.8 Å². The predicted octanol–water partition coefficient (Wildman–Crippen LogP) is 8.24. The average Bonchev–Trinajstić information content (AvgIpc) is 2.94. The van der Waals surface area contributed by atoms with Gasteiger partial charge in [0.25, 0.3) is 0 Å². The van der Waals surface area contributed by atoms with E-state index in [1.54, 1.807) is 12.1 Å². The van der Waals surface area contributed by atoms with Crippen LogP contribution in [0.5, 0.6) is 11.5 Å². The number of benzene rings is 1. The highest BCUT2D eigenvalue weighted by molar-refractivity contribution is 5.73. The van der Waals surface area contributed by atoms with Gasteiger partial charge in [0.1, 0.15) is 11.5 Å². The number of hydrogen-bond donors (Lipinski definition) is 2. The summed E-state index contributed by atoms with van der Waals surface area (Å²) in [7, 11) is 0. The van der Waals surface area contributed by atoms with E-state index >= 15 is 0 Å². The molecule has 0 bridgehead atoms. The molecule has 1 aromatic carbocycles. The van der Waals surface area contributed by atoms with E-state index in [-0.39, 0.29) is 46.1 Å². The zero-order chi connectivity index (χ0) is 29.2. The summed E-state index contributed by atoms with van der Waals surface area (Å²) in [6.45, 7) is 9.57. The molecule has 2 aliphatic rings. The van der Waals surface area contributed by atoms with Gasteiger partial charge < -0.3 is 19.7 Å². The van der Waals surface area contributed by atoms with Crippen molar-refractivity contribution >= 4 is 11.9 Å². The lowest BCUT2D eigenvalue weighted by Gasteiger charge is -2.40. The fraction of sp³-hybridized carbons (Fsp3) is 0.765. The van der Waals surface area contributed by atoms with Crippen LogP contribution in [0.2, 0.25) is 0 Å². The maximum Gasteiger partial charge on any atom is 0.308 e. The number of esters is 2. The number of rotatable bonds is 14. The third-order valence-electron chi connectivity index (χ3n) is 9.74. The van der Waals surface area contributed by atoms with E-state index in [9.17, 15) is 19.8 Å². The van der Waals surface area contributed by atoms with Gasteiger partial charge in [-0.1, -0.05) is 66.2 Å². The minimum atomic E-state index is -0.308. The molecule has 0 atom stereocenters. The van der Waals surface area contributed by atoms with E-state index in [4.69, 9.17) is 9.47 Å². The Balaban J connectivity index is 1.55. The molecule has 2 fully saturated rings. The topological polar surface area (TPSA) is 93.1 Å². The monoisotopic (exact) mass is 558 g/mol. The van der Waals surface area contributed by atoms with Crippen LogP contribution in [-0.4, -0.2) is 35.4 Å². The summed E-state index contributed by atoms with van der Waals surface area (Å²) in [5.74, 6) is 0.0525. The van der Waals surface area contributed by atoms with Crippen molar-refractivity contribution in [1.29, 1.82) is 0 Å². The fourth-order valence-corrected chi connectivity index (χ4v) is 6.70. The summed E-state index contributed by atoms with van der Waals surface area (Å²) >= 11 is 0. The molecule has 0 aliphatic heterocycles. The van der Waals surface area contributed by atoms with Crippen LogP contribution in [-0.2, 0) is 29.9 Å². The number of unbranched alkanes of at least 4 members (excludes halogenated alkanes) is 6. The van der Waals surface area contributed by atoms with Crippen LogP contribution in [0.4, 0.5) is 0 Å². The predicted molar refractivity (Wildman–Crippen MR) is 159 cm³/mol. The molecule has 3 rings (SSSR count). The van der Waals surface area contributed by atoms with Crippen LogP contribution >= 0.6 is 0 Å². The van der Waals surface area contributed by atoms with Gasteiger partial charge in [0.05, 0.1) is 25.0 Å². The zero-order valence-electron chi connectivity index (χ0n) is 25.6. The van der Waals surface area contributed by atoms with Gasteiger partial charge >= 0.3 is 11.9 Å². The molecule has 2 aliphatic carbocycles. The van der Waals surface area contributed by atoms with Crippen molar-refractivity contribution in [3.05, 3.63) is 23.3 Å². The zero-order valence-corrected chi connectivity index (χ0v) is 25.6. The van der Waals surface area contributed by atoms with E-state index in [1.807, 2.05) is 0 Å². The minimum Gasteiger partial charge on any atom is -0.508 e. The summed E-state index contributed by atoms with van der Waals surface area (Å²) in [4.78, 5) is 25.1. The Morgan fingerprint density at radius 2 is 1.02 bits per heavy atom. The highest BCUT2D eigenvalue weighted by atomic mass is 16.5. The van der Waals surface area contributed by atoms with Crippen molar-refractivity contribution < 1.29 is 29.3 Å². The van der Waals surface area contributed by atoms with Gasteiger partial charge in [-0.3, -0.25) is 9.59 Å². The average molecular weight is 559 g/mol. The van der Waals surface area contributed by atoms with Crippen LogP contribution < -0.4 is 0 Å². The Morgan fingerprint density at radius 1 is 0.675 bits per heavy atom. The summed E-state index contributed by atoms with van der Waals surface area (Å²) < 4.78 is 11.1. The van der Waals surface area contributed by atoms with Crippen molar-refractivity contribution in [2.75, 3.05) is 13.2 Å². The second-order valence-corrected chi connectivity index (χ2v) is 13.0. The standard InChI is InChI=1S/C34H54O6/c1-5-7-9-11-21-39-31(37)25-13-17-33(3,18-14-25)27-23-30(36)28(24-29(27)35)34(4)19-15-26(16-20-34)32(38)40-22-12-10-8-6-2/h23-26,35-36H,5-22H2,1-4H3. The molecule has 0 radical (unpaired) electrons. The molecule has 0 heterocycles. The van der Waals surface area contributed by atoms with Gasteiger partial charge in [0, 0.05) is 11.1 Å². The number of aromatic hydroxyl groups is 2. The molecule has 2 N–H and O–H groups in total. The molecule has 0 spiro atoms. The first kappa shape index (κ1) is 32.3. The number of carbonyl (C=O) groups excluding carboxylic acids is 2. The Labute approximate surface area is 242 Å². The second kappa shape index (κ2) is 15.1. The van der Waals surface area contributed by atoms with E-state index < -0.39 is 0 Å². The Bertz CT molecular complexity index is 876. The normalized spacial score (nSPS) is 26.8. The number of carbonyl (C=O) groups is 2. The van der Waals surface area contributed by atoms with Gasteiger partial charge in [0.15, 0.2) is 0 Å². The lowest BCUT2D eigenvalue weighted by atomic mass is 9.65. The smallest absolute Gasteiger partial charge is 0.308 e. The van der Waals surface area contributed by atoms with Crippen LogP contribution in [0.25, 0.3) is 0 Å². The molecule has 0 amide bonds. The third kappa shape index (κ3) is 8.39. The molecule has 226 valence electrons. The van der Waals surface area contributed by atoms with Crippen LogP contribution in [0.1, 0.15) is 142 Å². The first-order chi connectivity index (χ1) is 19.1. The van der Waals surface area contributed by atoms with E-state index in [0.717, 1.165) is 101 Å². The lowest BCUT2D eigenvalue weighted by molar-refractivity contribution is -0.151. The highest BCUT2D eigenvalue weighted by Crippen LogP contribution is 2.50. The second-order valence-electron chi connectivity index (χ2n) is 13.0. The minimum absolute atomic E-state index is 0.0913.